The van der Waals surface area contributed by atoms with Crippen LogP contribution in [-0.4, -0.2) is 41.8 Å². The zero-order valence-corrected chi connectivity index (χ0v) is 15.0. The Hall–Kier alpha value is -1.17. The standard InChI is InChI=1S/C16H22Cl2N2O3/c1-16(2,3)23-15(21)20-8-10(19)7-11(20)9-22-13-6-4-5-12(17)14(13)18/h4-6,10-11H,7-9,19H2,1-3H3/t10-,11-/m0/s1. The van der Waals surface area contributed by atoms with Crippen molar-refractivity contribution < 1.29 is 14.3 Å². The van der Waals surface area contributed by atoms with E-state index in [0.717, 1.165) is 0 Å². The molecule has 0 unspecified atom stereocenters. The zero-order valence-electron chi connectivity index (χ0n) is 13.5. The second-order valence-electron chi connectivity index (χ2n) is 6.65. The molecule has 0 bridgehead atoms. The second-order valence-corrected chi connectivity index (χ2v) is 7.43. The quantitative estimate of drug-likeness (QED) is 0.892. The van der Waals surface area contributed by atoms with Gasteiger partial charge >= 0.3 is 6.09 Å². The predicted octanol–water partition coefficient (Wildman–Crippen LogP) is 3.71. The van der Waals surface area contributed by atoms with Gasteiger partial charge in [0.1, 0.15) is 23.0 Å². The monoisotopic (exact) mass is 360 g/mol. The summed E-state index contributed by atoms with van der Waals surface area (Å²) in [5.41, 5.74) is 5.44. The van der Waals surface area contributed by atoms with Gasteiger partial charge in [-0.3, -0.25) is 0 Å². The van der Waals surface area contributed by atoms with Crippen LogP contribution in [0, 0.1) is 0 Å². The zero-order chi connectivity index (χ0) is 17.2. The molecule has 1 aliphatic heterocycles. The van der Waals surface area contributed by atoms with Crippen molar-refractivity contribution in [3.8, 4) is 5.75 Å². The number of benzene rings is 1. The predicted molar refractivity (Wildman–Crippen MR) is 91.3 cm³/mol. The van der Waals surface area contributed by atoms with E-state index in [1.807, 2.05) is 20.8 Å². The largest absolute Gasteiger partial charge is 0.490 e. The van der Waals surface area contributed by atoms with Crippen LogP contribution in [0.4, 0.5) is 4.79 Å². The van der Waals surface area contributed by atoms with Crippen molar-refractivity contribution in [3.05, 3.63) is 28.2 Å². The number of nitrogens with zero attached hydrogens (tertiary/aromatic N) is 1. The summed E-state index contributed by atoms with van der Waals surface area (Å²) in [7, 11) is 0. The van der Waals surface area contributed by atoms with Gasteiger partial charge in [-0.05, 0) is 39.3 Å². The molecule has 0 aromatic heterocycles. The molecule has 128 valence electrons. The van der Waals surface area contributed by atoms with Gasteiger partial charge in [-0.1, -0.05) is 29.3 Å². The van der Waals surface area contributed by atoms with Crippen molar-refractivity contribution in [2.75, 3.05) is 13.2 Å². The molecule has 1 aromatic rings. The second kappa shape index (κ2) is 7.16. The minimum atomic E-state index is -0.550. The first-order chi connectivity index (χ1) is 10.7. The van der Waals surface area contributed by atoms with E-state index in [4.69, 9.17) is 38.4 Å². The number of hydrogen-bond acceptors (Lipinski definition) is 4. The highest BCUT2D eigenvalue weighted by atomic mass is 35.5. The Kier molecular flexibility index (Phi) is 5.65. The number of ether oxygens (including phenoxy) is 2. The van der Waals surface area contributed by atoms with Gasteiger partial charge in [0.15, 0.2) is 0 Å². The Morgan fingerprint density at radius 3 is 2.74 bits per heavy atom. The molecule has 1 aliphatic rings. The normalized spacial score (nSPS) is 21.4. The van der Waals surface area contributed by atoms with Gasteiger partial charge in [0, 0.05) is 12.6 Å². The summed E-state index contributed by atoms with van der Waals surface area (Å²) in [6, 6.07) is 4.94. The summed E-state index contributed by atoms with van der Waals surface area (Å²) < 4.78 is 11.2. The molecule has 1 aromatic carbocycles. The summed E-state index contributed by atoms with van der Waals surface area (Å²) in [5.74, 6) is 0.490. The number of likely N-dealkylation sites (tertiary alicyclic amines) is 1. The number of halogens is 2. The molecule has 0 radical (unpaired) electrons. The van der Waals surface area contributed by atoms with Gasteiger partial charge in [0.05, 0.1) is 11.1 Å². The Morgan fingerprint density at radius 1 is 1.39 bits per heavy atom. The third-order valence-corrected chi connectivity index (χ3v) is 4.22. The number of nitrogens with two attached hydrogens (primary N) is 1. The maximum Gasteiger partial charge on any atom is 0.410 e. The van der Waals surface area contributed by atoms with Crippen LogP contribution in [0.15, 0.2) is 18.2 Å². The van der Waals surface area contributed by atoms with E-state index in [2.05, 4.69) is 0 Å². The number of hydrogen-bond donors (Lipinski definition) is 1. The summed E-state index contributed by atoms with van der Waals surface area (Å²) >= 11 is 12.1. The highest BCUT2D eigenvalue weighted by molar-refractivity contribution is 6.42. The van der Waals surface area contributed by atoms with Crippen molar-refractivity contribution in [2.45, 2.75) is 44.9 Å². The van der Waals surface area contributed by atoms with E-state index >= 15 is 0 Å². The summed E-state index contributed by atoms with van der Waals surface area (Å²) in [4.78, 5) is 13.9. The maximum atomic E-state index is 12.3. The van der Waals surface area contributed by atoms with Crippen molar-refractivity contribution in [1.29, 1.82) is 0 Å². The first kappa shape index (κ1) is 18.2. The molecule has 2 atom stereocenters. The van der Waals surface area contributed by atoms with Crippen molar-refractivity contribution >= 4 is 29.3 Å². The minimum absolute atomic E-state index is 0.0917. The lowest BCUT2D eigenvalue weighted by Gasteiger charge is -2.28. The van der Waals surface area contributed by atoms with E-state index in [1.54, 1.807) is 23.1 Å². The van der Waals surface area contributed by atoms with Gasteiger partial charge in [-0.2, -0.15) is 0 Å². The fraction of sp³-hybridized carbons (Fsp3) is 0.562. The average Bonchev–Trinajstić information content (AvgIpc) is 2.80. The molecular formula is C16H22Cl2N2O3. The molecule has 2 N–H and O–H groups in total. The van der Waals surface area contributed by atoms with Crippen LogP contribution in [0.5, 0.6) is 5.75 Å². The first-order valence-corrected chi connectivity index (χ1v) is 8.25. The van der Waals surface area contributed by atoms with E-state index in [0.29, 0.717) is 28.8 Å². The summed E-state index contributed by atoms with van der Waals surface area (Å²) in [6.45, 7) is 6.23. The fourth-order valence-corrected chi connectivity index (χ4v) is 2.78. The Morgan fingerprint density at radius 2 is 2.09 bits per heavy atom. The molecule has 7 heteroatoms. The van der Waals surface area contributed by atoms with Gasteiger partial charge in [-0.25, -0.2) is 4.79 Å². The van der Waals surface area contributed by atoms with Crippen LogP contribution in [0.2, 0.25) is 10.0 Å². The lowest BCUT2D eigenvalue weighted by Crippen LogP contribution is -2.42. The van der Waals surface area contributed by atoms with Gasteiger partial charge in [-0.15, -0.1) is 0 Å². The highest BCUT2D eigenvalue weighted by Gasteiger charge is 2.36. The molecule has 23 heavy (non-hydrogen) atoms. The van der Waals surface area contributed by atoms with Crippen molar-refractivity contribution in [1.82, 2.24) is 4.90 Å². The van der Waals surface area contributed by atoms with Gasteiger partial charge in [0.2, 0.25) is 0 Å². The Balaban J connectivity index is 2.02. The summed E-state index contributed by atoms with van der Waals surface area (Å²) in [5, 5.41) is 0.788. The lowest BCUT2D eigenvalue weighted by molar-refractivity contribution is 0.0186. The smallest absolute Gasteiger partial charge is 0.410 e. The molecule has 1 fully saturated rings. The number of rotatable bonds is 3. The molecule has 1 saturated heterocycles. The third-order valence-electron chi connectivity index (χ3n) is 3.42. The SMILES string of the molecule is CC(C)(C)OC(=O)N1C[C@@H](N)C[C@H]1COc1cccc(Cl)c1Cl. The van der Waals surface area contributed by atoms with Crippen LogP contribution in [0.1, 0.15) is 27.2 Å². The van der Waals surface area contributed by atoms with Gasteiger partial charge < -0.3 is 20.1 Å². The van der Waals surface area contributed by atoms with Gasteiger partial charge in [0.25, 0.3) is 0 Å². The molecule has 2 rings (SSSR count). The number of carbonyl (C=O) groups is 1. The van der Waals surface area contributed by atoms with E-state index in [1.165, 1.54) is 0 Å². The van der Waals surface area contributed by atoms with Crippen LogP contribution in [0.3, 0.4) is 0 Å². The first-order valence-electron chi connectivity index (χ1n) is 7.49. The number of carbonyl (C=O) groups excluding carboxylic acids is 1. The molecule has 0 aliphatic carbocycles. The maximum absolute atomic E-state index is 12.3. The molecule has 0 spiro atoms. The van der Waals surface area contributed by atoms with Crippen LogP contribution < -0.4 is 10.5 Å². The molecule has 5 nitrogen and oxygen atoms in total. The fourth-order valence-electron chi connectivity index (χ4n) is 2.44. The van der Waals surface area contributed by atoms with Crippen LogP contribution >= 0.6 is 23.2 Å². The minimum Gasteiger partial charge on any atom is -0.490 e. The highest BCUT2D eigenvalue weighted by Crippen LogP contribution is 2.32. The van der Waals surface area contributed by atoms with E-state index in [9.17, 15) is 4.79 Å². The topological polar surface area (TPSA) is 64.8 Å². The molecule has 1 amide bonds. The van der Waals surface area contributed by atoms with E-state index in [-0.39, 0.29) is 24.8 Å². The van der Waals surface area contributed by atoms with Crippen molar-refractivity contribution in [3.63, 3.8) is 0 Å². The molecule has 0 saturated carbocycles. The van der Waals surface area contributed by atoms with Crippen LogP contribution in [-0.2, 0) is 4.74 Å². The third kappa shape index (κ3) is 4.90. The van der Waals surface area contributed by atoms with E-state index < -0.39 is 5.60 Å². The van der Waals surface area contributed by atoms with Crippen molar-refractivity contribution in [2.24, 2.45) is 5.73 Å². The Bertz CT molecular complexity index is 575. The molecule has 1 heterocycles. The average molecular weight is 361 g/mol. The Labute approximate surface area is 146 Å². The van der Waals surface area contributed by atoms with Crippen LogP contribution in [0.25, 0.3) is 0 Å². The summed E-state index contributed by atoms with van der Waals surface area (Å²) in [6.07, 6.45) is 0.272. The number of amides is 1. The lowest BCUT2D eigenvalue weighted by atomic mass is 10.2. The molecular weight excluding hydrogens is 339 g/mol.